The first kappa shape index (κ1) is 17.1. The average Bonchev–Trinajstić information content (AvgIpc) is 3.10. The summed E-state index contributed by atoms with van der Waals surface area (Å²) in [5.74, 6) is 1.46. The number of hydrogen-bond donors (Lipinski definition) is 4. The van der Waals surface area contributed by atoms with E-state index in [0.29, 0.717) is 28.2 Å². The lowest BCUT2D eigenvalue weighted by Gasteiger charge is -2.14. The van der Waals surface area contributed by atoms with Crippen LogP contribution >= 0.6 is 23.2 Å². The van der Waals surface area contributed by atoms with Gasteiger partial charge in [0.25, 0.3) is 0 Å². The summed E-state index contributed by atoms with van der Waals surface area (Å²) < 4.78 is 0. The first-order valence-corrected chi connectivity index (χ1v) is 8.76. The molecule has 0 unspecified atom stereocenters. The molecule has 128 valence electrons. The topological polar surface area (TPSA) is 75.0 Å². The van der Waals surface area contributed by atoms with Crippen molar-refractivity contribution in [2.45, 2.75) is 13.0 Å². The first-order valence-electron chi connectivity index (χ1n) is 8.00. The summed E-state index contributed by atoms with van der Waals surface area (Å²) in [6.07, 6.45) is 2.86. The number of nitrogens with one attached hydrogen (secondary N) is 3. The molecule has 0 spiro atoms. The fourth-order valence-corrected chi connectivity index (χ4v) is 3.12. The van der Waals surface area contributed by atoms with Crippen LogP contribution in [0.4, 0.5) is 17.2 Å². The van der Waals surface area contributed by atoms with Crippen molar-refractivity contribution in [1.82, 2.24) is 10.3 Å². The molecule has 2 aromatic rings. The molecule has 0 amide bonds. The molecule has 0 bridgehead atoms. The van der Waals surface area contributed by atoms with Gasteiger partial charge >= 0.3 is 0 Å². The second kappa shape index (κ2) is 7.92. The van der Waals surface area contributed by atoms with Crippen LogP contribution in [0.3, 0.4) is 0 Å². The number of nitrogen functional groups attached to an aromatic ring is 1. The van der Waals surface area contributed by atoms with E-state index in [1.54, 1.807) is 12.3 Å². The van der Waals surface area contributed by atoms with Gasteiger partial charge in [-0.25, -0.2) is 4.98 Å². The normalized spacial score (nSPS) is 17.0. The SMILES string of the molecule is Nc1cnc(NC[C@@H]2CCNC2)cc1NCc1cccc(Cl)c1Cl. The van der Waals surface area contributed by atoms with Crippen LogP contribution in [0.15, 0.2) is 30.5 Å². The molecule has 24 heavy (non-hydrogen) atoms. The Hall–Kier alpha value is -1.69. The van der Waals surface area contributed by atoms with Crippen molar-refractivity contribution in [3.63, 3.8) is 0 Å². The van der Waals surface area contributed by atoms with Crippen molar-refractivity contribution in [2.75, 3.05) is 36.0 Å². The predicted octanol–water partition coefficient (Wildman–Crippen LogP) is 3.60. The summed E-state index contributed by atoms with van der Waals surface area (Å²) in [5, 5.41) is 11.2. The maximum atomic E-state index is 6.22. The molecule has 7 heteroatoms. The summed E-state index contributed by atoms with van der Waals surface area (Å²) in [6, 6.07) is 7.51. The maximum Gasteiger partial charge on any atom is 0.128 e. The summed E-state index contributed by atoms with van der Waals surface area (Å²) in [6.45, 7) is 3.60. The van der Waals surface area contributed by atoms with Crippen molar-refractivity contribution >= 4 is 40.4 Å². The Bertz CT molecular complexity index is 701. The second-order valence-corrected chi connectivity index (χ2v) is 6.75. The minimum atomic E-state index is 0.541. The van der Waals surface area contributed by atoms with E-state index in [9.17, 15) is 0 Å². The van der Waals surface area contributed by atoms with E-state index >= 15 is 0 Å². The molecule has 0 aliphatic carbocycles. The van der Waals surface area contributed by atoms with Gasteiger partial charge < -0.3 is 21.7 Å². The first-order chi connectivity index (χ1) is 11.6. The molecule has 1 aromatic heterocycles. The molecule has 1 aromatic carbocycles. The number of halogens is 2. The van der Waals surface area contributed by atoms with Crippen LogP contribution in [0.1, 0.15) is 12.0 Å². The van der Waals surface area contributed by atoms with E-state index in [-0.39, 0.29) is 0 Å². The third kappa shape index (κ3) is 4.23. The van der Waals surface area contributed by atoms with Crippen LogP contribution in [0.2, 0.25) is 10.0 Å². The molecule has 2 heterocycles. The molecule has 5 N–H and O–H groups in total. The van der Waals surface area contributed by atoms with Crippen LogP contribution in [-0.4, -0.2) is 24.6 Å². The minimum absolute atomic E-state index is 0.541. The lowest BCUT2D eigenvalue weighted by atomic mass is 10.1. The number of hydrogen-bond acceptors (Lipinski definition) is 5. The third-order valence-electron chi connectivity index (χ3n) is 4.17. The Labute approximate surface area is 151 Å². The minimum Gasteiger partial charge on any atom is -0.396 e. The zero-order chi connectivity index (χ0) is 16.9. The predicted molar refractivity (Wildman–Crippen MR) is 102 cm³/mol. The summed E-state index contributed by atoms with van der Waals surface area (Å²) >= 11 is 12.3. The molecule has 0 radical (unpaired) electrons. The van der Waals surface area contributed by atoms with Crippen molar-refractivity contribution in [3.05, 3.63) is 46.1 Å². The molecule has 1 saturated heterocycles. The quantitative estimate of drug-likeness (QED) is 0.629. The zero-order valence-corrected chi connectivity index (χ0v) is 14.8. The molecule has 5 nitrogen and oxygen atoms in total. The van der Waals surface area contributed by atoms with Gasteiger partial charge in [-0.05, 0) is 37.1 Å². The number of benzene rings is 1. The standard InChI is InChI=1S/C17H21Cl2N5/c18-13-3-1-2-12(17(13)19)9-22-15-6-16(24-10-14(15)20)23-8-11-4-5-21-7-11/h1-3,6,10-11,21H,4-5,7-9,20H2,(H2,22,23,24)/t11-/m1/s1. The maximum absolute atomic E-state index is 6.22. The second-order valence-electron chi connectivity index (χ2n) is 5.96. The summed E-state index contributed by atoms with van der Waals surface area (Å²) in [7, 11) is 0. The van der Waals surface area contributed by atoms with Gasteiger partial charge in [0.05, 0.1) is 27.6 Å². The number of nitrogens with zero attached hydrogens (tertiary/aromatic N) is 1. The molecule has 1 fully saturated rings. The molecular formula is C17H21Cl2N5. The highest BCUT2D eigenvalue weighted by atomic mass is 35.5. The average molecular weight is 366 g/mol. The largest absolute Gasteiger partial charge is 0.396 e. The van der Waals surface area contributed by atoms with Gasteiger partial charge in [-0.1, -0.05) is 35.3 Å². The highest BCUT2D eigenvalue weighted by molar-refractivity contribution is 6.42. The molecule has 1 aliphatic rings. The van der Waals surface area contributed by atoms with E-state index < -0.39 is 0 Å². The van der Waals surface area contributed by atoms with Gasteiger partial charge in [0.1, 0.15) is 5.82 Å². The zero-order valence-electron chi connectivity index (χ0n) is 13.3. The van der Waals surface area contributed by atoms with Crippen molar-refractivity contribution in [1.29, 1.82) is 0 Å². The number of nitrogens with two attached hydrogens (primary N) is 1. The van der Waals surface area contributed by atoms with Gasteiger partial charge in [0.15, 0.2) is 0 Å². The Morgan fingerprint density at radius 2 is 2.17 bits per heavy atom. The highest BCUT2D eigenvalue weighted by Gasteiger charge is 2.14. The van der Waals surface area contributed by atoms with Crippen LogP contribution in [0, 0.1) is 5.92 Å². The molecule has 1 atom stereocenters. The van der Waals surface area contributed by atoms with Crippen LogP contribution < -0.4 is 21.7 Å². The molecule has 1 aliphatic heterocycles. The number of anilines is 3. The van der Waals surface area contributed by atoms with Crippen molar-refractivity contribution in [3.8, 4) is 0 Å². The van der Waals surface area contributed by atoms with Gasteiger partial charge in [0.2, 0.25) is 0 Å². The number of pyridine rings is 1. The Morgan fingerprint density at radius 3 is 2.96 bits per heavy atom. The van der Waals surface area contributed by atoms with Crippen molar-refractivity contribution < 1.29 is 0 Å². The van der Waals surface area contributed by atoms with Crippen molar-refractivity contribution in [2.24, 2.45) is 5.92 Å². The number of rotatable bonds is 6. The third-order valence-corrected chi connectivity index (χ3v) is 5.03. The monoisotopic (exact) mass is 365 g/mol. The fourth-order valence-electron chi connectivity index (χ4n) is 2.73. The lowest BCUT2D eigenvalue weighted by molar-refractivity contribution is 0.614. The van der Waals surface area contributed by atoms with Gasteiger partial charge in [-0.2, -0.15) is 0 Å². The fraction of sp³-hybridized carbons (Fsp3) is 0.353. The van der Waals surface area contributed by atoms with Crippen LogP contribution in [0.25, 0.3) is 0 Å². The van der Waals surface area contributed by atoms with E-state index in [4.69, 9.17) is 28.9 Å². The van der Waals surface area contributed by atoms with Crippen LogP contribution in [-0.2, 0) is 6.54 Å². The molecule has 0 saturated carbocycles. The summed E-state index contributed by atoms with van der Waals surface area (Å²) in [5.41, 5.74) is 8.37. The van der Waals surface area contributed by atoms with E-state index in [1.165, 1.54) is 6.42 Å². The number of aromatic nitrogens is 1. The van der Waals surface area contributed by atoms with E-state index in [1.807, 2.05) is 18.2 Å². The molecular weight excluding hydrogens is 345 g/mol. The van der Waals surface area contributed by atoms with Gasteiger partial charge in [-0.15, -0.1) is 0 Å². The van der Waals surface area contributed by atoms with E-state index in [2.05, 4.69) is 20.9 Å². The highest BCUT2D eigenvalue weighted by Crippen LogP contribution is 2.27. The lowest BCUT2D eigenvalue weighted by Crippen LogP contribution is -2.17. The molecule has 3 rings (SSSR count). The van der Waals surface area contributed by atoms with Gasteiger partial charge in [-0.3, -0.25) is 0 Å². The Morgan fingerprint density at radius 1 is 1.29 bits per heavy atom. The van der Waals surface area contributed by atoms with Crippen LogP contribution in [0.5, 0.6) is 0 Å². The smallest absolute Gasteiger partial charge is 0.128 e. The van der Waals surface area contributed by atoms with Gasteiger partial charge in [0, 0.05) is 19.2 Å². The Balaban J connectivity index is 1.64. The Kier molecular flexibility index (Phi) is 5.66. The van der Waals surface area contributed by atoms with E-state index in [0.717, 1.165) is 36.7 Å². The summed E-state index contributed by atoms with van der Waals surface area (Å²) in [4.78, 5) is 4.34.